The van der Waals surface area contributed by atoms with Crippen LogP contribution in [0.4, 0.5) is 5.82 Å². The first kappa shape index (κ1) is 14.9. The minimum absolute atomic E-state index is 0.0854. The minimum Gasteiger partial charge on any atom is -0.469 e. The second kappa shape index (κ2) is 6.33. The van der Waals surface area contributed by atoms with E-state index >= 15 is 0 Å². The molecular formula is C12H16N4O5. The van der Waals surface area contributed by atoms with E-state index in [1.165, 1.54) is 24.2 Å². The Bertz CT molecular complexity index is 556. The van der Waals surface area contributed by atoms with E-state index in [0.29, 0.717) is 26.1 Å². The number of carbonyl (C=O) groups is 2. The van der Waals surface area contributed by atoms with Gasteiger partial charge in [-0.2, -0.15) is 0 Å². The second-order valence-electron chi connectivity index (χ2n) is 4.83. The van der Waals surface area contributed by atoms with E-state index in [1.807, 2.05) is 0 Å². The fourth-order valence-electron chi connectivity index (χ4n) is 2.29. The first-order valence-electron chi connectivity index (χ1n) is 6.53. The lowest BCUT2D eigenvalue weighted by Crippen LogP contribution is -2.30. The van der Waals surface area contributed by atoms with Gasteiger partial charge in [0.1, 0.15) is 6.20 Å². The summed E-state index contributed by atoms with van der Waals surface area (Å²) in [5, 5.41) is 10.5. The van der Waals surface area contributed by atoms with Gasteiger partial charge >= 0.3 is 11.8 Å². The molecular weight excluding hydrogens is 280 g/mol. The third kappa shape index (κ3) is 3.56. The first-order chi connectivity index (χ1) is 10.0. The average molecular weight is 296 g/mol. The normalized spacial score (nSPS) is 17.8. The number of hydrogen-bond acceptors (Lipinski definition) is 6. The number of amides is 1. The molecule has 1 amide bonds. The summed E-state index contributed by atoms with van der Waals surface area (Å²) in [6.07, 6.45) is 3.43. The Balaban J connectivity index is 1.82. The van der Waals surface area contributed by atoms with Crippen molar-refractivity contribution in [1.82, 2.24) is 14.5 Å². The highest BCUT2D eigenvalue weighted by molar-refractivity contribution is 5.79. The van der Waals surface area contributed by atoms with Crippen molar-refractivity contribution >= 4 is 17.7 Å². The molecule has 114 valence electrons. The van der Waals surface area contributed by atoms with Gasteiger partial charge in [-0.1, -0.05) is 0 Å². The maximum Gasteiger partial charge on any atom is 0.381 e. The van der Waals surface area contributed by atoms with Crippen molar-refractivity contribution in [2.45, 2.75) is 19.4 Å². The third-order valence-electron chi connectivity index (χ3n) is 3.47. The van der Waals surface area contributed by atoms with Gasteiger partial charge in [-0.05, 0) is 16.3 Å². The van der Waals surface area contributed by atoms with Crippen LogP contribution >= 0.6 is 0 Å². The van der Waals surface area contributed by atoms with Gasteiger partial charge in [-0.3, -0.25) is 9.59 Å². The quantitative estimate of drug-likeness (QED) is 0.436. The van der Waals surface area contributed by atoms with E-state index < -0.39 is 4.92 Å². The second-order valence-corrected chi connectivity index (χ2v) is 4.83. The van der Waals surface area contributed by atoms with Gasteiger partial charge in [-0.25, -0.2) is 0 Å². The summed E-state index contributed by atoms with van der Waals surface area (Å²) in [6.45, 7) is 1.22. The fraction of sp³-hybridized carbons (Fsp3) is 0.583. The molecule has 1 fully saturated rings. The Morgan fingerprint density at radius 2 is 2.33 bits per heavy atom. The number of carbonyl (C=O) groups excluding carboxylic acids is 2. The Hall–Kier alpha value is -2.45. The number of aromatic nitrogens is 2. The molecule has 2 heterocycles. The van der Waals surface area contributed by atoms with Crippen molar-refractivity contribution in [3.8, 4) is 0 Å². The number of imidazole rings is 1. The zero-order valence-corrected chi connectivity index (χ0v) is 11.6. The van der Waals surface area contributed by atoms with Crippen LogP contribution in [-0.4, -0.2) is 51.5 Å². The van der Waals surface area contributed by atoms with Gasteiger partial charge in [0.15, 0.2) is 0 Å². The fourth-order valence-corrected chi connectivity index (χ4v) is 2.29. The maximum absolute atomic E-state index is 12.0. The van der Waals surface area contributed by atoms with E-state index in [2.05, 4.69) is 9.72 Å². The molecule has 21 heavy (non-hydrogen) atoms. The van der Waals surface area contributed by atoms with Crippen LogP contribution in [0, 0.1) is 16.0 Å². The van der Waals surface area contributed by atoms with Crippen LogP contribution in [0.1, 0.15) is 12.8 Å². The molecule has 1 aliphatic heterocycles. The Morgan fingerprint density at radius 1 is 1.57 bits per heavy atom. The number of likely N-dealkylation sites (tertiary alicyclic amines) is 1. The number of rotatable bonds is 5. The number of ether oxygens (including phenoxy) is 1. The lowest BCUT2D eigenvalue weighted by molar-refractivity contribution is -0.389. The Labute approximate surface area is 120 Å². The van der Waals surface area contributed by atoms with Crippen molar-refractivity contribution < 1.29 is 19.2 Å². The molecule has 1 saturated heterocycles. The smallest absolute Gasteiger partial charge is 0.381 e. The molecule has 0 bridgehead atoms. The highest BCUT2D eigenvalue weighted by Crippen LogP contribution is 2.18. The summed E-state index contributed by atoms with van der Waals surface area (Å²) in [5.41, 5.74) is 0. The van der Waals surface area contributed by atoms with Crippen LogP contribution in [0.3, 0.4) is 0 Å². The number of aryl methyl sites for hydroxylation is 1. The molecule has 0 aromatic carbocycles. The van der Waals surface area contributed by atoms with Crippen molar-refractivity contribution in [2.24, 2.45) is 5.92 Å². The van der Waals surface area contributed by atoms with Crippen LogP contribution in [0.25, 0.3) is 0 Å². The number of esters is 1. The highest BCUT2D eigenvalue weighted by Gasteiger charge is 2.31. The predicted molar refractivity (Wildman–Crippen MR) is 70.2 cm³/mol. The topological polar surface area (TPSA) is 108 Å². The van der Waals surface area contributed by atoms with E-state index in [9.17, 15) is 19.7 Å². The number of nitro groups is 1. The molecule has 0 radical (unpaired) electrons. The summed E-state index contributed by atoms with van der Waals surface area (Å²) in [5.74, 6) is -0.879. The maximum atomic E-state index is 12.0. The molecule has 9 nitrogen and oxygen atoms in total. The lowest BCUT2D eigenvalue weighted by atomic mass is 10.1. The Morgan fingerprint density at radius 3 is 2.95 bits per heavy atom. The molecule has 0 saturated carbocycles. The van der Waals surface area contributed by atoms with Gasteiger partial charge in [-0.15, -0.1) is 0 Å². The Kier molecular flexibility index (Phi) is 4.51. The molecule has 1 atom stereocenters. The van der Waals surface area contributed by atoms with E-state index in [4.69, 9.17) is 0 Å². The van der Waals surface area contributed by atoms with Crippen LogP contribution in [0.15, 0.2) is 12.5 Å². The molecule has 1 aliphatic rings. The average Bonchev–Trinajstić information content (AvgIpc) is 3.12. The van der Waals surface area contributed by atoms with Crippen LogP contribution in [0.5, 0.6) is 0 Å². The van der Waals surface area contributed by atoms with Crippen molar-refractivity contribution in [1.29, 1.82) is 0 Å². The summed E-state index contributed by atoms with van der Waals surface area (Å²) in [7, 11) is 1.33. The zero-order chi connectivity index (χ0) is 15.4. The van der Waals surface area contributed by atoms with Gasteiger partial charge in [0.25, 0.3) is 0 Å². The SMILES string of the molecule is COC(=O)C1CCN(C(=O)CCn2cnc([N+](=O)[O-])c2)C1. The first-order valence-corrected chi connectivity index (χ1v) is 6.53. The number of nitrogens with zero attached hydrogens (tertiary/aromatic N) is 4. The van der Waals surface area contributed by atoms with Gasteiger partial charge in [0.2, 0.25) is 12.2 Å². The predicted octanol–water partition coefficient (Wildman–Crippen LogP) is 0.203. The molecule has 0 N–H and O–H groups in total. The van der Waals surface area contributed by atoms with Crippen LogP contribution < -0.4 is 0 Å². The van der Waals surface area contributed by atoms with Crippen molar-refractivity contribution in [2.75, 3.05) is 20.2 Å². The molecule has 1 unspecified atom stereocenters. The van der Waals surface area contributed by atoms with Crippen LogP contribution in [0.2, 0.25) is 0 Å². The molecule has 0 spiro atoms. The van der Waals surface area contributed by atoms with E-state index in [1.54, 1.807) is 4.90 Å². The summed E-state index contributed by atoms with van der Waals surface area (Å²) in [4.78, 5) is 38.6. The summed E-state index contributed by atoms with van der Waals surface area (Å²) < 4.78 is 6.17. The minimum atomic E-state index is -0.584. The third-order valence-corrected chi connectivity index (χ3v) is 3.47. The van der Waals surface area contributed by atoms with Gasteiger partial charge in [0.05, 0.1) is 13.0 Å². The van der Waals surface area contributed by atoms with Crippen molar-refractivity contribution in [3.05, 3.63) is 22.6 Å². The van der Waals surface area contributed by atoms with Gasteiger partial charge < -0.3 is 24.3 Å². The van der Waals surface area contributed by atoms with Crippen molar-refractivity contribution in [3.63, 3.8) is 0 Å². The molecule has 2 rings (SSSR count). The monoisotopic (exact) mass is 296 g/mol. The summed E-state index contributed by atoms with van der Waals surface area (Å²) >= 11 is 0. The number of methoxy groups -OCH3 is 1. The molecule has 9 heteroatoms. The van der Waals surface area contributed by atoms with Gasteiger partial charge in [0, 0.05) is 26.1 Å². The molecule has 1 aromatic heterocycles. The zero-order valence-electron chi connectivity index (χ0n) is 11.6. The van der Waals surface area contributed by atoms with Crippen LogP contribution in [-0.2, 0) is 20.9 Å². The lowest BCUT2D eigenvalue weighted by Gasteiger charge is -2.15. The highest BCUT2D eigenvalue weighted by atomic mass is 16.6. The molecule has 1 aromatic rings. The number of hydrogen-bond donors (Lipinski definition) is 0. The molecule has 0 aliphatic carbocycles. The van der Waals surface area contributed by atoms with E-state index in [0.717, 1.165) is 0 Å². The largest absolute Gasteiger partial charge is 0.469 e. The standard InChI is InChI=1S/C12H16N4O5/c1-21-12(18)9-2-5-15(6-9)11(17)3-4-14-7-10(13-8-14)16(19)20/h7-9H,2-6H2,1H3. The van der Waals surface area contributed by atoms with E-state index in [-0.39, 0.29) is 30.0 Å². The summed E-state index contributed by atoms with van der Waals surface area (Å²) in [6, 6.07) is 0.